The molecule has 0 fully saturated rings. The molecule has 0 aliphatic carbocycles. The zero-order valence-corrected chi connectivity index (χ0v) is 34.3. The van der Waals surface area contributed by atoms with Crippen molar-refractivity contribution in [1.82, 2.24) is 19.5 Å². The van der Waals surface area contributed by atoms with Crippen molar-refractivity contribution in [2.24, 2.45) is 0 Å². The van der Waals surface area contributed by atoms with Crippen LogP contribution in [-0.4, -0.2) is 19.5 Å². The van der Waals surface area contributed by atoms with Crippen molar-refractivity contribution in [2.45, 2.75) is 27.7 Å². The Labute approximate surface area is 347 Å². The zero-order chi connectivity index (χ0) is 40.0. The lowest BCUT2D eigenvalue weighted by Gasteiger charge is -2.10. The van der Waals surface area contributed by atoms with Crippen molar-refractivity contribution < 1.29 is 0 Å². The highest BCUT2D eigenvalue weighted by Crippen LogP contribution is 2.44. The van der Waals surface area contributed by atoms with E-state index in [1.54, 1.807) is 11.3 Å². The Bertz CT molecular complexity index is 3480. The van der Waals surface area contributed by atoms with E-state index in [0.717, 1.165) is 43.5 Å². The Hall–Kier alpha value is -7.08. The molecule has 0 radical (unpaired) electrons. The molecule has 59 heavy (non-hydrogen) atoms. The number of hydrogen-bond donors (Lipinski definition) is 1. The van der Waals surface area contributed by atoms with Crippen LogP contribution in [0.15, 0.2) is 176 Å². The van der Waals surface area contributed by atoms with Crippen molar-refractivity contribution in [3.8, 4) is 38.8 Å². The van der Waals surface area contributed by atoms with Crippen molar-refractivity contribution >= 4 is 86.7 Å². The highest BCUT2D eigenvalue weighted by molar-refractivity contribution is 7.22. The van der Waals surface area contributed by atoms with Gasteiger partial charge in [0, 0.05) is 43.0 Å². The number of benzene rings is 8. The molecule has 12 rings (SSSR count). The first kappa shape index (κ1) is 36.3. The molecule has 5 heteroatoms. The fourth-order valence-electron chi connectivity index (χ4n) is 8.59. The number of aromatic nitrogens is 4. The summed E-state index contributed by atoms with van der Waals surface area (Å²) < 4.78 is 3.36. The number of nitrogens with zero attached hydrogens (tertiary/aromatic N) is 3. The molecule has 0 atom stereocenters. The third kappa shape index (κ3) is 5.97. The summed E-state index contributed by atoms with van der Waals surface area (Å²) in [6, 6.07) is 63.2. The Morgan fingerprint density at radius 3 is 1.90 bits per heavy atom. The summed E-state index contributed by atoms with van der Waals surface area (Å²) in [5.41, 5.74) is 10.9. The van der Waals surface area contributed by atoms with Crippen LogP contribution in [0.5, 0.6) is 0 Å². The molecule has 12 aromatic rings. The van der Waals surface area contributed by atoms with Crippen molar-refractivity contribution in [2.75, 3.05) is 0 Å². The van der Waals surface area contributed by atoms with Crippen LogP contribution in [0.25, 0.3) is 114 Å². The molecular formula is C54H42N4S. The number of nitrogens with one attached hydrogen (secondary N) is 1. The normalized spacial score (nSPS) is 11.4. The van der Waals surface area contributed by atoms with Gasteiger partial charge in [-0.25, -0.2) is 9.97 Å². The molecule has 4 nitrogen and oxygen atoms in total. The van der Waals surface area contributed by atoms with Gasteiger partial charge in [-0.2, -0.15) is 0 Å². The average molecular weight is 779 g/mol. The second-order valence-electron chi connectivity index (χ2n) is 14.3. The summed E-state index contributed by atoms with van der Waals surface area (Å²) in [6.07, 6.45) is 0. The molecule has 0 saturated heterocycles. The van der Waals surface area contributed by atoms with Gasteiger partial charge in [-0.05, 0) is 80.7 Å². The van der Waals surface area contributed by atoms with Crippen LogP contribution < -0.4 is 0 Å². The third-order valence-electron chi connectivity index (χ3n) is 11.1. The first-order valence-electron chi connectivity index (χ1n) is 20.6. The van der Waals surface area contributed by atoms with Crippen LogP contribution >= 0.6 is 11.3 Å². The Kier molecular flexibility index (Phi) is 9.23. The number of thiophene rings is 1. The van der Waals surface area contributed by atoms with Crippen LogP contribution in [0, 0.1) is 0 Å². The highest BCUT2D eigenvalue weighted by atomic mass is 32.1. The summed E-state index contributed by atoms with van der Waals surface area (Å²) in [5.74, 6) is 0.662. The van der Waals surface area contributed by atoms with Gasteiger partial charge in [-0.1, -0.05) is 161 Å². The van der Waals surface area contributed by atoms with Crippen LogP contribution in [0.2, 0.25) is 0 Å². The van der Waals surface area contributed by atoms with Crippen molar-refractivity contribution in [3.63, 3.8) is 0 Å². The lowest BCUT2D eigenvalue weighted by molar-refractivity contribution is 1.02. The van der Waals surface area contributed by atoms with Gasteiger partial charge in [-0.3, -0.25) is 4.57 Å². The predicted molar refractivity (Wildman–Crippen MR) is 255 cm³/mol. The summed E-state index contributed by atoms with van der Waals surface area (Å²) in [7, 11) is 0. The van der Waals surface area contributed by atoms with Crippen LogP contribution in [0.4, 0.5) is 0 Å². The standard InChI is InChI=1S/C50H30N4S.2C2H6/c1-3-13-31(14-4-1)45-29-42-49(55-45)48(32-15-5-2-6-16-32)53-50(52-42)54-43-21-11-20-37(47(43)46-36-19-10-9-12-30(36)23-25-44(46)54)35-22-24-40-38(27-35)39-26-33-17-7-8-18-34(33)28-41(39)51-40;2*1-2/h1-29,51H;2*1-2H3. The Morgan fingerprint density at radius 2 is 1.12 bits per heavy atom. The zero-order valence-electron chi connectivity index (χ0n) is 33.5. The average Bonchev–Trinajstić information content (AvgIpc) is 4.01. The molecule has 0 saturated carbocycles. The summed E-state index contributed by atoms with van der Waals surface area (Å²) in [4.78, 5) is 15.7. The molecule has 0 amide bonds. The van der Waals surface area contributed by atoms with Gasteiger partial charge in [0.15, 0.2) is 0 Å². The molecule has 284 valence electrons. The fraction of sp³-hybridized carbons (Fsp3) is 0.0741. The maximum atomic E-state index is 5.45. The van der Waals surface area contributed by atoms with Crippen LogP contribution in [-0.2, 0) is 0 Å². The van der Waals surface area contributed by atoms with Crippen molar-refractivity contribution in [1.29, 1.82) is 0 Å². The van der Waals surface area contributed by atoms with E-state index in [9.17, 15) is 0 Å². The summed E-state index contributed by atoms with van der Waals surface area (Å²) in [6.45, 7) is 8.00. The van der Waals surface area contributed by atoms with Gasteiger partial charge in [0.05, 0.1) is 26.9 Å². The topological polar surface area (TPSA) is 46.5 Å². The second kappa shape index (κ2) is 15.0. The number of aromatic amines is 1. The van der Waals surface area contributed by atoms with E-state index in [1.807, 2.05) is 27.7 Å². The van der Waals surface area contributed by atoms with E-state index in [1.165, 1.54) is 64.7 Å². The van der Waals surface area contributed by atoms with Crippen LogP contribution in [0.1, 0.15) is 27.7 Å². The number of rotatable bonds is 4. The molecular weight excluding hydrogens is 737 g/mol. The van der Waals surface area contributed by atoms with E-state index in [-0.39, 0.29) is 0 Å². The highest BCUT2D eigenvalue weighted by Gasteiger charge is 2.22. The molecule has 1 N–H and O–H groups in total. The lowest BCUT2D eigenvalue weighted by Crippen LogP contribution is -2.02. The maximum Gasteiger partial charge on any atom is 0.235 e. The molecule has 0 unspecified atom stereocenters. The second-order valence-corrected chi connectivity index (χ2v) is 15.3. The van der Waals surface area contributed by atoms with E-state index in [0.29, 0.717) is 5.95 Å². The minimum atomic E-state index is 0.662. The van der Waals surface area contributed by atoms with Gasteiger partial charge in [0.1, 0.15) is 0 Å². The van der Waals surface area contributed by atoms with Gasteiger partial charge in [0.2, 0.25) is 5.95 Å². The lowest BCUT2D eigenvalue weighted by atomic mass is 9.95. The largest absolute Gasteiger partial charge is 0.354 e. The quantitative estimate of drug-likeness (QED) is 0.193. The number of H-pyrrole nitrogens is 1. The van der Waals surface area contributed by atoms with Gasteiger partial charge >= 0.3 is 0 Å². The molecule has 4 aromatic heterocycles. The predicted octanol–water partition coefficient (Wildman–Crippen LogP) is 15.8. The summed E-state index contributed by atoms with van der Waals surface area (Å²) in [5, 5.41) is 9.74. The van der Waals surface area contributed by atoms with E-state index < -0.39 is 0 Å². The molecule has 0 spiro atoms. The molecule has 0 aliphatic rings. The van der Waals surface area contributed by atoms with E-state index >= 15 is 0 Å². The molecule has 0 aliphatic heterocycles. The third-order valence-corrected chi connectivity index (χ3v) is 12.3. The minimum Gasteiger partial charge on any atom is -0.354 e. The van der Waals surface area contributed by atoms with Gasteiger partial charge in [0.25, 0.3) is 0 Å². The monoisotopic (exact) mass is 778 g/mol. The molecule has 0 bridgehead atoms. The summed E-state index contributed by atoms with van der Waals surface area (Å²) >= 11 is 1.75. The van der Waals surface area contributed by atoms with E-state index in [4.69, 9.17) is 9.97 Å². The Balaban J connectivity index is 0.00000102. The first-order chi connectivity index (χ1) is 29.2. The number of fused-ring (bicyclic) bond motifs is 10. The molecule has 4 heterocycles. The number of hydrogen-bond acceptors (Lipinski definition) is 3. The van der Waals surface area contributed by atoms with Crippen molar-refractivity contribution in [3.05, 3.63) is 176 Å². The SMILES string of the molecule is CC.CC.c1ccc(-c2cc3nc(-n4c5cccc(-c6ccc7[nH]c8cc9ccccc9cc8c7c6)c5c5c6ccccc6ccc54)nc(-c4ccccc4)c3s2)cc1. The van der Waals surface area contributed by atoms with Gasteiger partial charge in [-0.15, -0.1) is 11.3 Å². The van der Waals surface area contributed by atoms with Gasteiger partial charge < -0.3 is 4.98 Å². The fourth-order valence-corrected chi connectivity index (χ4v) is 9.71. The molecule has 8 aromatic carbocycles. The smallest absolute Gasteiger partial charge is 0.235 e. The Morgan fingerprint density at radius 1 is 0.458 bits per heavy atom. The minimum absolute atomic E-state index is 0.662. The van der Waals surface area contributed by atoms with Crippen LogP contribution in [0.3, 0.4) is 0 Å². The first-order valence-corrected chi connectivity index (χ1v) is 21.4. The van der Waals surface area contributed by atoms with E-state index in [2.05, 4.69) is 185 Å². The maximum absolute atomic E-state index is 5.45.